The van der Waals surface area contributed by atoms with Gasteiger partial charge in [0.2, 0.25) is 0 Å². The summed E-state index contributed by atoms with van der Waals surface area (Å²) in [5, 5.41) is 3.70. The van der Waals surface area contributed by atoms with Gasteiger partial charge in [0.05, 0.1) is 11.4 Å². The van der Waals surface area contributed by atoms with Gasteiger partial charge in [-0.05, 0) is 26.7 Å². The second-order valence-electron chi connectivity index (χ2n) is 3.86. The fraction of sp³-hybridized carbons (Fsp3) is 0.600. The van der Waals surface area contributed by atoms with Crippen molar-refractivity contribution in [3.05, 3.63) is 17.6 Å². The van der Waals surface area contributed by atoms with E-state index in [2.05, 4.69) is 15.3 Å². The molecule has 1 saturated carbocycles. The molecule has 1 heterocycles. The number of aryl methyl sites for hydroxylation is 2. The molecule has 14 heavy (non-hydrogen) atoms. The van der Waals surface area contributed by atoms with Crippen LogP contribution in [0.2, 0.25) is 0 Å². The summed E-state index contributed by atoms with van der Waals surface area (Å²) in [6.45, 7) is 3.91. The Labute approximate surface area is 88.9 Å². The molecule has 1 aromatic rings. The van der Waals surface area contributed by atoms with Crippen LogP contribution in [0.3, 0.4) is 0 Å². The van der Waals surface area contributed by atoms with E-state index in [0.717, 1.165) is 30.0 Å². The second kappa shape index (κ2) is 3.73. The summed E-state index contributed by atoms with van der Waals surface area (Å²) in [5.74, 6) is 0.901. The fourth-order valence-electron chi connectivity index (χ4n) is 1.53. The van der Waals surface area contributed by atoms with Crippen molar-refractivity contribution < 1.29 is 0 Å². The quantitative estimate of drug-likeness (QED) is 0.763. The van der Waals surface area contributed by atoms with Crippen LogP contribution in [0.25, 0.3) is 0 Å². The number of rotatable bonds is 2. The average molecular weight is 212 g/mol. The van der Waals surface area contributed by atoms with Crippen molar-refractivity contribution >= 4 is 17.4 Å². The van der Waals surface area contributed by atoms with Gasteiger partial charge in [0.15, 0.2) is 0 Å². The third-order valence-electron chi connectivity index (χ3n) is 2.50. The molecule has 0 aromatic carbocycles. The summed E-state index contributed by atoms with van der Waals surface area (Å²) in [7, 11) is 0. The lowest BCUT2D eigenvalue weighted by molar-refractivity contribution is 0.453. The molecule has 1 aliphatic rings. The molecule has 3 nitrogen and oxygen atoms in total. The number of halogens is 1. The number of aromatic nitrogens is 2. The van der Waals surface area contributed by atoms with E-state index in [1.165, 1.54) is 0 Å². The maximum Gasteiger partial charge on any atom is 0.147 e. The Morgan fingerprint density at radius 2 is 2.14 bits per heavy atom. The van der Waals surface area contributed by atoms with E-state index in [9.17, 15) is 0 Å². The highest BCUT2D eigenvalue weighted by molar-refractivity contribution is 6.21. The SMILES string of the molecule is Cc1cnc(C)c(NC2CC(Cl)C2)n1. The van der Waals surface area contributed by atoms with Crippen LogP contribution in [0.4, 0.5) is 5.82 Å². The molecule has 0 amide bonds. The van der Waals surface area contributed by atoms with E-state index >= 15 is 0 Å². The van der Waals surface area contributed by atoms with Crippen LogP contribution in [0.15, 0.2) is 6.20 Å². The first-order chi connectivity index (χ1) is 6.65. The van der Waals surface area contributed by atoms with Gasteiger partial charge in [0.25, 0.3) is 0 Å². The summed E-state index contributed by atoms with van der Waals surface area (Å²) in [6.07, 6.45) is 3.83. The fourth-order valence-corrected chi connectivity index (χ4v) is 1.96. The van der Waals surface area contributed by atoms with Gasteiger partial charge in [-0.1, -0.05) is 0 Å². The van der Waals surface area contributed by atoms with Crippen molar-refractivity contribution in [2.75, 3.05) is 5.32 Å². The first kappa shape index (κ1) is 9.71. The molecular weight excluding hydrogens is 198 g/mol. The highest BCUT2D eigenvalue weighted by Crippen LogP contribution is 2.28. The van der Waals surface area contributed by atoms with Gasteiger partial charge in [0.1, 0.15) is 5.82 Å². The monoisotopic (exact) mass is 211 g/mol. The van der Waals surface area contributed by atoms with E-state index in [4.69, 9.17) is 11.6 Å². The zero-order valence-electron chi connectivity index (χ0n) is 8.42. The predicted octanol–water partition coefficient (Wildman–Crippen LogP) is 2.28. The van der Waals surface area contributed by atoms with Gasteiger partial charge in [-0.25, -0.2) is 4.98 Å². The van der Waals surface area contributed by atoms with E-state index in [-0.39, 0.29) is 0 Å². The average Bonchev–Trinajstić information content (AvgIpc) is 2.09. The maximum absolute atomic E-state index is 5.90. The third kappa shape index (κ3) is 1.98. The van der Waals surface area contributed by atoms with Gasteiger partial charge >= 0.3 is 0 Å². The van der Waals surface area contributed by atoms with Crippen molar-refractivity contribution in [2.45, 2.75) is 38.1 Å². The number of alkyl halides is 1. The second-order valence-corrected chi connectivity index (χ2v) is 4.47. The highest BCUT2D eigenvalue weighted by Gasteiger charge is 2.27. The van der Waals surface area contributed by atoms with Gasteiger partial charge in [-0.2, -0.15) is 0 Å². The Balaban J connectivity index is 2.05. The first-order valence-electron chi connectivity index (χ1n) is 4.86. The zero-order valence-corrected chi connectivity index (χ0v) is 9.17. The van der Waals surface area contributed by atoms with Gasteiger partial charge < -0.3 is 5.32 Å². The highest BCUT2D eigenvalue weighted by atomic mass is 35.5. The minimum absolute atomic E-state index is 0.338. The van der Waals surface area contributed by atoms with Crippen molar-refractivity contribution in [3.63, 3.8) is 0 Å². The van der Waals surface area contributed by atoms with Crippen molar-refractivity contribution in [3.8, 4) is 0 Å². The van der Waals surface area contributed by atoms with Gasteiger partial charge in [-0.15, -0.1) is 11.6 Å². The summed E-state index contributed by atoms with van der Waals surface area (Å²) in [4.78, 5) is 8.65. The number of nitrogens with one attached hydrogen (secondary N) is 1. The largest absolute Gasteiger partial charge is 0.366 e. The molecular formula is C10H14ClN3. The molecule has 76 valence electrons. The Hall–Kier alpha value is -0.830. The smallest absolute Gasteiger partial charge is 0.147 e. The minimum atomic E-state index is 0.338. The number of nitrogens with zero attached hydrogens (tertiary/aromatic N) is 2. The molecule has 0 radical (unpaired) electrons. The lowest BCUT2D eigenvalue weighted by atomic mass is 9.92. The maximum atomic E-state index is 5.90. The van der Waals surface area contributed by atoms with Gasteiger partial charge in [-0.3, -0.25) is 4.98 Å². The third-order valence-corrected chi connectivity index (χ3v) is 2.85. The zero-order chi connectivity index (χ0) is 10.1. The summed E-state index contributed by atoms with van der Waals surface area (Å²) >= 11 is 5.90. The Bertz CT molecular complexity index is 334. The van der Waals surface area contributed by atoms with E-state index in [1.54, 1.807) is 6.20 Å². The van der Waals surface area contributed by atoms with Crippen LogP contribution in [-0.2, 0) is 0 Å². The first-order valence-corrected chi connectivity index (χ1v) is 5.29. The molecule has 1 aliphatic carbocycles. The van der Waals surface area contributed by atoms with E-state index < -0.39 is 0 Å². The molecule has 4 heteroatoms. The molecule has 0 aliphatic heterocycles. The van der Waals surface area contributed by atoms with E-state index in [1.807, 2.05) is 13.8 Å². The predicted molar refractivity (Wildman–Crippen MR) is 57.8 cm³/mol. The van der Waals surface area contributed by atoms with Crippen LogP contribution in [0.5, 0.6) is 0 Å². The van der Waals surface area contributed by atoms with Crippen LogP contribution in [0, 0.1) is 13.8 Å². The summed E-state index contributed by atoms with van der Waals surface area (Å²) in [6, 6.07) is 0.479. The summed E-state index contributed by atoms with van der Waals surface area (Å²) < 4.78 is 0. The number of hydrogen-bond acceptors (Lipinski definition) is 3. The molecule has 0 saturated heterocycles. The Morgan fingerprint density at radius 1 is 1.43 bits per heavy atom. The molecule has 0 atom stereocenters. The minimum Gasteiger partial charge on any atom is -0.366 e. The van der Waals surface area contributed by atoms with Crippen LogP contribution < -0.4 is 5.32 Å². The Kier molecular flexibility index (Phi) is 2.59. The molecule has 0 spiro atoms. The van der Waals surface area contributed by atoms with Crippen LogP contribution in [0.1, 0.15) is 24.2 Å². The molecule has 1 aromatic heterocycles. The molecule has 0 bridgehead atoms. The number of anilines is 1. The van der Waals surface area contributed by atoms with Crippen LogP contribution in [-0.4, -0.2) is 21.4 Å². The summed E-state index contributed by atoms with van der Waals surface area (Å²) in [5.41, 5.74) is 1.90. The lowest BCUT2D eigenvalue weighted by Crippen LogP contribution is -2.36. The standard InChI is InChI=1S/C10H14ClN3/c1-6-5-12-7(2)10(13-6)14-9-3-8(11)4-9/h5,8-9H,3-4H2,1-2H3,(H,13,14). The lowest BCUT2D eigenvalue weighted by Gasteiger charge is -2.32. The Morgan fingerprint density at radius 3 is 2.79 bits per heavy atom. The normalized spacial score (nSPS) is 25.6. The van der Waals surface area contributed by atoms with E-state index in [0.29, 0.717) is 11.4 Å². The molecule has 2 rings (SSSR count). The van der Waals surface area contributed by atoms with Gasteiger partial charge in [0, 0.05) is 17.6 Å². The molecule has 1 fully saturated rings. The molecule has 1 N–H and O–H groups in total. The topological polar surface area (TPSA) is 37.8 Å². The number of hydrogen-bond donors (Lipinski definition) is 1. The van der Waals surface area contributed by atoms with Crippen molar-refractivity contribution in [1.82, 2.24) is 9.97 Å². The van der Waals surface area contributed by atoms with Crippen LogP contribution >= 0.6 is 11.6 Å². The van der Waals surface area contributed by atoms with Crippen molar-refractivity contribution in [2.24, 2.45) is 0 Å². The molecule has 0 unspecified atom stereocenters. The van der Waals surface area contributed by atoms with Crippen molar-refractivity contribution in [1.29, 1.82) is 0 Å².